The number of methoxy groups -OCH3 is 1. The minimum absolute atomic E-state index is 0.0398. The van der Waals surface area contributed by atoms with E-state index in [0.717, 1.165) is 0 Å². The number of rotatable bonds is 14. The van der Waals surface area contributed by atoms with Gasteiger partial charge in [-0.15, -0.1) is 10.2 Å². The van der Waals surface area contributed by atoms with Crippen molar-refractivity contribution in [3.8, 4) is 22.8 Å². The van der Waals surface area contributed by atoms with Gasteiger partial charge in [0.15, 0.2) is 11.5 Å². The third-order valence-corrected chi connectivity index (χ3v) is 9.73. The lowest BCUT2D eigenvalue weighted by Crippen LogP contribution is -2.63. The van der Waals surface area contributed by atoms with E-state index in [-0.39, 0.29) is 62.3 Å². The molecule has 0 aliphatic carbocycles. The van der Waals surface area contributed by atoms with Gasteiger partial charge in [0.2, 0.25) is 29.5 Å². The summed E-state index contributed by atoms with van der Waals surface area (Å²) in [6.45, 7) is 3.82. The van der Waals surface area contributed by atoms with Gasteiger partial charge in [-0.1, -0.05) is 12.1 Å². The number of carbonyl (C=O) groups excluding carboxylic acids is 2. The molecule has 2 aliphatic heterocycles. The van der Waals surface area contributed by atoms with Crippen molar-refractivity contribution in [2.75, 3.05) is 46.4 Å². The van der Waals surface area contributed by atoms with Crippen molar-refractivity contribution in [2.24, 2.45) is 5.92 Å². The second kappa shape index (κ2) is 16.7. The van der Waals surface area contributed by atoms with Crippen LogP contribution in [0.5, 0.6) is 11.5 Å². The highest BCUT2D eigenvalue weighted by molar-refractivity contribution is 5.90. The molecule has 0 saturated carbocycles. The number of hydrogen-bond acceptors (Lipinski definition) is 14. The molecule has 3 atom stereocenters. The molecular formula is C37H43F3N8O8. The zero-order chi connectivity index (χ0) is 40.2. The Hall–Kier alpha value is -5.53. The van der Waals surface area contributed by atoms with Gasteiger partial charge in [0.25, 0.3) is 0 Å². The van der Waals surface area contributed by atoms with E-state index in [2.05, 4.69) is 25.5 Å². The van der Waals surface area contributed by atoms with E-state index in [0.29, 0.717) is 40.8 Å². The van der Waals surface area contributed by atoms with Crippen LogP contribution in [0.25, 0.3) is 17.0 Å². The monoisotopic (exact) mass is 784 g/mol. The minimum atomic E-state index is -4.65. The Bertz CT molecular complexity index is 2050. The first-order valence-corrected chi connectivity index (χ1v) is 17.8. The number of aliphatic hydroxyl groups is 2. The van der Waals surface area contributed by atoms with E-state index in [1.54, 1.807) is 54.5 Å². The maximum absolute atomic E-state index is 13.9. The van der Waals surface area contributed by atoms with Crippen molar-refractivity contribution in [2.45, 2.75) is 57.5 Å². The van der Waals surface area contributed by atoms with Gasteiger partial charge in [-0.2, -0.15) is 13.2 Å². The Morgan fingerprint density at radius 2 is 1.89 bits per heavy atom. The fourth-order valence-electron chi connectivity index (χ4n) is 6.72. The van der Waals surface area contributed by atoms with Crippen LogP contribution in [0.4, 0.5) is 13.2 Å². The summed E-state index contributed by atoms with van der Waals surface area (Å²) in [7, 11) is 1.51. The number of pyridine rings is 1. The number of alkyl halides is 3. The van der Waals surface area contributed by atoms with Crippen LogP contribution in [-0.2, 0) is 21.5 Å². The number of piperazine rings is 1. The van der Waals surface area contributed by atoms with Crippen LogP contribution in [-0.4, -0.2) is 117 Å². The van der Waals surface area contributed by atoms with Crippen molar-refractivity contribution in [3.63, 3.8) is 0 Å². The summed E-state index contributed by atoms with van der Waals surface area (Å²) in [5.41, 5.74) is 0.307. The number of benzene rings is 1. The molecule has 5 heterocycles. The predicted octanol–water partition coefficient (Wildman–Crippen LogP) is 3.38. The van der Waals surface area contributed by atoms with E-state index in [9.17, 15) is 33.0 Å². The van der Waals surface area contributed by atoms with E-state index < -0.39 is 48.1 Å². The molecule has 1 fully saturated rings. The lowest BCUT2D eigenvalue weighted by Gasteiger charge is -2.46. The van der Waals surface area contributed by atoms with Crippen molar-refractivity contribution < 1.29 is 51.3 Å². The first-order chi connectivity index (χ1) is 26.6. The molecule has 0 radical (unpaired) electrons. The Morgan fingerprint density at radius 3 is 2.62 bits per heavy atom. The molecule has 0 unspecified atom stereocenters. The highest BCUT2D eigenvalue weighted by Crippen LogP contribution is 2.34. The van der Waals surface area contributed by atoms with Gasteiger partial charge < -0.3 is 39.2 Å². The average Bonchev–Trinajstić information content (AvgIpc) is 3.84. The molecule has 56 heavy (non-hydrogen) atoms. The molecule has 300 valence electrons. The number of aryl methyl sites for hydroxylation is 1. The third-order valence-electron chi connectivity index (χ3n) is 9.73. The van der Waals surface area contributed by atoms with Crippen LogP contribution < -0.4 is 20.1 Å². The number of halogens is 3. The molecule has 2 amide bonds. The summed E-state index contributed by atoms with van der Waals surface area (Å²) in [5, 5.41) is 34.7. The van der Waals surface area contributed by atoms with Crippen LogP contribution in [0.15, 0.2) is 63.5 Å². The fourth-order valence-corrected chi connectivity index (χ4v) is 6.72. The number of hydrogen-bond donors (Lipinski definition) is 4. The molecule has 0 bridgehead atoms. The number of nitrogens with one attached hydrogen (secondary N) is 2. The molecule has 16 nitrogen and oxygen atoms in total. The predicted molar refractivity (Wildman–Crippen MR) is 192 cm³/mol. The van der Waals surface area contributed by atoms with Crippen LogP contribution >= 0.6 is 0 Å². The highest BCUT2D eigenvalue weighted by atomic mass is 19.4. The van der Waals surface area contributed by atoms with E-state index in [1.165, 1.54) is 13.3 Å². The standard InChI is InChI=1S/C37H43F3N8O8/c1-21-45-46-31(55-21)13-22(33(51)44-32-26-7-5-6-8-29(26)54-19-28(32)50)11-24(49)17-47-9-10-48(18-27(47)34(52)43-20-37(38,39)40)36(2,3)35-42-16-30(56-35)23-12-25(53-4)15-41-14-23/h5-8,12,14-16,22,24,27,49-50H,9-11,13,17-20H2,1-4H3,(H,43,52)(H,44,51)/t22-,24-,27-/m0/s1. The van der Waals surface area contributed by atoms with Gasteiger partial charge in [0.05, 0.1) is 36.8 Å². The van der Waals surface area contributed by atoms with E-state index in [1.807, 2.05) is 24.1 Å². The van der Waals surface area contributed by atoms with E-state index in [4.69, 9.17) is 18.3 Å². The lowest BCUT2D eigenvalue weighted by molar-refractivity contribution is -0.144. The molecule has 2 aliphatic rings. The van der Waals surface area contributed by atoms with Crippen LogP contribution in [0.1, 0.15) is 43.5 Å². The normalized spacial score (nSPS) is 17.8. The number of oxazole rings is 1. The number of amides is 2. The summed E-state index contributed by atoms with van der Waals surface area (Å²) >= 11 is 0. The van der Waals surface area contributed by atoms with Crippen molar-refractivity contribution in [1.29, 1.82) is 0 Å². The maximum Gasteiger partial charge on any atom is 0.405 e. The van der Waals surface area contributed by atoms with Gasteiger partial charge in [-0.3, -0.25) is 24.4 Å². The Labute approximate surface area is 319 Å². The molecule has 4 N–H and O–H groups in total. The SMILES string of the molecule is COc1cncc(-c2cnc(C(C)(C)N3CCN(C[C@@H](O)C[C@@H](Cc4nnc(C)o4)C(=O)NC4=C(O)COc5ccccc54)[C@H](C(=O)NCC(F)(F)F)C3)o2)c1. The third kappa shape index (κ3) is 9.46. The number of aliphatic hydroxyl groups excluding tert-OH is 2. The number of fused-ring (bicyclic) bond motifs is 1. The Kier molecular flexibility index (Phi) is 12.0. The number of nitrogens with zero attached hydrogens (tertiary/aromatic N) is 6. The van der Waals surface area contributed by atoms with Crippen molar-refractivity contribution in [3.05, 3.63) is 77.9 Å². The van der Waals surface area contributed by atoms with Gasteiger partial charge in [0.1, 0.15) is 30.7 Å². The number of carbonyl (C=O) groups is 2. The van der Waals surface area contributed by atoms with Crippen LogP contribution in [0, 0.1) is 12.8 Å². The maximum atomic E-state index is 13.9. The number of ether oxygens (including phenoxy) is 2. The topological polar surface area (TPSA) is 201 Å². The summed E-state index contributed by atoms with van der Waals surface area (Å²) < 4.78 is 62.2. The second-order valence-corrected chi connectivity index (χ2v) is 14.1. The Morgan fingerprint density at radius 1 is 1.11 bits per heavy atom. The quantitative estimate of drug-likeness (QED) is 0.145. The lowest BCUT2D eigenvalue weighted by atomic mass is 9.94. The first-order valence-electron chi connectivity index (χ1n) is 17.8. The van der Waals surface area contributed by atoms with Crippen molar-refractivity contribution >= 4 is 17.5 Å². The summed E-state index contributed by atoms with van der Waals surface area (Å²) in [6, 6.07) is 7.44. The zero-order valence-electron chi connectivity index (χ0n) is 31.2. The summed E-state index contributed by atoms with van der Waals surface area (Å²) in [5.74, 6) is -0.527. The second-order valence-electron chi connectivity index (χ2n) is 14.1. The van der Waals surface area contributed by atoms with Gasteiger partial charge >= 0.3 is 6.18 Å². The van der Waals surface area contributed by atoms with Gasteiger partial charge in [-0.05, 0) is 38.5 Å². The molecule has 19 heteroatoms. The minimum Gasteiger partial charge on any atom is -0.507 e. The molecule has 1 saturated heterocycles. The van der Waals surface area contributed by atoms with Crippen LogP contribution in [0.3, 0.4) is 0 Å². The zero-order valence-corrected chi connectivity index (χ0v) is 31.2. The van der Waals surface area contributed by atoms with E-state index >= 15 is 0 Å². The number of para-hydroxylation sites is 1. The van der Waals surface area contributed by atoms with Gasteiger partial charge in [-0.25, -0.2) is 4.98 Å². The molecular weight excluding hydrogens is 741 g/mol. The van der Waals surface area contributed by atoms with Crippen molar-refractivity contribution in [1.82, 2.24) is 40.6 Å². The molecule has 0 spiro atoms. The number of β-amino-alcohol motifs (C(OH)–C–C–N with tert-alkyl or cyclic N) is 1. The Balaban J connectivity index is 1.19. The summed E-state index contributed by atoms with van der Waals surface area (Å²) in [4.78, 5) is 39.4. The smallest absolute Gasteiger partial charge is 0.405 e. The molecule has 1 aromatic carbocycles. The molecule has 6 rings (SSSR count). The molecule has 3 aromatic heterocycles. The first kappa shape index (κ1) is 40.1. The van der Waals surface area contributed by atoms with Gasteiger partial charge in [0, 0.05) is 62.8 Å². The number of aromatic nitrogens is 4. The molecule has 4 aromatic rings. The largest absolute Gasteiger partial charge is 0.507 e. The highest BCUT2D eigenvalue weighted by Gasteiger charge is 2.43. The van der Waals surface area contributed by atoms with Crippen LogP contribution in [0.2, 0.25) is 0 Å². The summed E-state index contributed by atoms with van der Waals surface area (Å²) in [6.07, 6.45) is -1.47. The average molecular weight is 785 g/mol. The fraction of sp³-hybridized carbons (Fsp3) is 0.459.